The fourth-order valence-electron chi connectivity index (χ4n) is 1.34. The van der Waals surface area contributed by atoms with Crippen molar-refractivity contribution in [3.05, 3.63) is 34.5 Å². The third-order valence-electron chi connectivity index (χ3n) is 2.04. The van der Waals surface area contributed by atoms with Gasteiger partial charge in [-0.25, -0.2) is 4.39 Å². The van der Waals surface area contributed by atoms with Gasteiger partial charge in [0, 0.05) is 5.56 Å². The Bertz CT molecular complexity index is 527. The van der Waals surface area contributed by atoms with E-state index in [-0.39, 0.29) is 11.7 Å². The van der Waals surface area contributed by atoms with E-state index in [4.69, 9.17) is 16.9 Å². The summed E-state index contributed by atoms with van der Waals surface area (Å²) in [6.45, 7) is 0. The number of hydrogen-bond donors (Lipinski definition) is 0. The highest BCUT2D eigenvalue weighted by molar-refractivity contribution is 7.17. The van der Waals surface area contributed by atoms with E-state index in [2.05, 4.69) is 0 Å². The first kappa shape index (κ1) is 9.45. The fourth-order valence-corrected chi connectivity index (χ4v) is 2.44. The zero-order valence-corrected chi connectivity index (χ0v) is 8.62. The molecule has 0 atom stereocenters. The average molecular weight is 226 g/mol. The highest BCUT2D eigenvalue weighted by atomic mass is 35.5. The molecule has 14 heavy (non-hydrogen) atoms. The number of rotatable bonds is 1. The molecular weight excluding hydrogens is 221 g/mol. The van der Waals surface area contributed by atoms with Gasteiger partial charge in [-0.05, 0) is 22.9 Å². The van der Waals surface area contributed by atoms with Crippen molar-refractivity contribution in [2.45, 2.75) is 5.88 Å². The summed E-state index contributed by atoms with van der Waals surface area (Å²) >= 11 is 6.92. The van der Waals surface area contributed by atoms with Crippen LogP contribution in [0.15, 0.2) is 17.5 Å². The second-order valence-electron chi connectivity index (χ2n) is 2.80. The number of fused-ring (bicyclic) bond motifs is 1. The number of alkyl halides is 1. The maximum atomic E-state index is 13.7. The van der Waals surface area contributed by atoms with Crippen LogP contribution in [0.3, 0.4) is 0 Å². The molecule has 0 saturated heterocycles. The largest absolute Gasteiger partial charge is 0.205 e. The first-order chi connectivity index (χ1) is 6.77. The number of hydrogen-bond acceptors (Lipinski definition) is 2. The Balaban J connectivity index is 2.87. The number of halogens is 2. The van der Waals surface area contributed by atoms with E-state index in [0.717, 1.165) is 5.39 Å². The van der Waals surface area contributed by atoms with Crippen molar-refractivity contribution in [2.75, 3.05) is 0 Å². The van der Waals surface area contributed by atoms with E-state index in [1.165, 1.54) is 11.3 Å². The summed E-state index contributed by atoms with van der Waals surface area (Å²) in [6.07, 6.45) is 0. The smallest absolute Gasteiger partial charge is 0.146 e. The maximum Gasteiger partial charge on any atom is 0.146 e. The van der Waals surface area contributed by atoms with Gasteiger partial charge in [0.25, 0.3) is 0 Å². The molecule has 1 heterocycles. The van der Waals surface area contributed by atoms with Crippen LogP contribution in [-0.4, -0.2) is 0 Å². The summed E-state index contributed by atoms with van der Waals surface area (Å²) in [4.78, 5) is 0. The zero-order chi connectivity index (χ0) is 10.1. The lowest BCUT2D eigenvalue weighted by atomic mass is 10.1. The minimum atomic E-state index is -0.357. The van der Waals surface area contributed by atoms with Crippen LogP contribution < -0.4 is 0 Å². The molecule has 0 aliphatic rings. The lowest BCUT2D eigenvalue weighted by molar-refractivity contribution is 0.630. The molecule has 0 unspecified atom stereocenters. The molecule has 2 aromatic rings. The van der Waals surface area contributed by atoms with Crippen LogP contribution in [0.4, 0.5) is 4.39 Å². The van der Waals surface area contributed by atoms with Gasteiger partial charge in [-0.1, -0.05) is 0 Å². The molecule has 2 rings (SSSR count). The molecule has 0 aliphatic carbocycles. The van der Waals surface area contributed by atoms with E-state index in [9.17, 15) is 4.39 Å². The van der Waals surface area contributed by atoms with Gasteiger partial charge >= 0.3 is 0 Å². The van der Waals surface area contributed by atoms with Crippen molar-refractivity contribution >= 4 is 33.0 Å². The first-order valence-corrected chi connectivity index (χ1v) is 5.34. The number of thiophene rings is 1. The van der Waals surface area contributed by atoms with Crippen LogP contribution in [-0.2, 0) is 5.88 Å². The quantitative estimate of drug-likeness (QED) is 0.680. The fraction of sp³-hybridized carbons (Fsp3) is 0.100. The van der Waals surface area contributed by atoms with Crippen molar-refractivity contribution in [3.8, 4) is 6.07 Å². The van der Waals surface area contributed by atoms with Gasteiger partial charge in [0.2, 0.25) is 0 Å². The average Bonchev–Trinajstić information content (AvgIpc) is 2.65. The van der Waals surface area contributed by atoms with E-state index in [1.807, 2.05) is 6.07 Å². The van der Waals surface area contributed by atoms with Gasteiger partial charge in [-0.2, -0.15) is 5.26 Å². The predicted molar refractivity (Wildman–Crippen MR) is 56.1 cm³/mol. The van der Waals surface area contributed by atoms with Gasteiger partial charge in [0.15, 0.2) is 0 Å². The lowest BCUT2D eigenvalue weighted by Gasteiger charge is -2.02. The summed E-state index contributed by atoms with van der Waals surface area (Å²) in [7, 11) is 0. The Kier molecular flexibility index (Phi) is 2.40. The zero-order valence-electron chi connectivity index (χ0n) is 7.05. The summed E-state index contributed by atoms with van der Waals surface area (Å²) in [6, 6.07) is 5.42. The van der Waals surface area contributed by atoms with Gasteiger partial charge in [0.1, 0.15) is 5.82 Å². The minimum Gasteiger partial charge on any atom is -0.205 e. The number of benzene rings is 1. The Labute approximate surface area is 89.3 Å². The summed E-state index contributed by atoms with van der Waals surface area (Å²) in [5, 5.41) is 11.4. The van der Waals surface area contributed by atoms with E-state index < -0.39 is 0 Å². The Hall–Kier alpha value is -1.11. The molecule has 0 fully saturated rings. The van der Waals surface area contributed by atoms with E-state index >= 15 is 0 Å². The first-order valence-electron chi connectivity index (χ1n) is 3.92. The molecule has 0 spiro atoms. The molecule has 1 aromatic carbocycles. The highest BCUT2D eigenvalue weighted by Crippen LogP contribution is 2.29. The molecule has 0 N–H and O–H groups in total. The summed E-state index contributed by atoms with van der Waals surface area (Å²) in [5.41, 5.74) is 0.618. The Morgan fingerprint density at radius 2 is 2.36 bits per heavy atom. The van der Waals surface area contributed by atoms with Crippen LogP contribution in [0, 0.1) is 17.1 Å². The molecule has 4 heteroatoms. The van der Waals surface area contributed by atoms with Gasteiger partial charge in [-0.3, -0.25) is 0 Å². The number of nitrogens with zero attached hydrogens (tertiary/aromatic N) is 1. The lowest BCUT2D eigenvalue weighted by Crippen LogP contribution is -1.91. The van der Waals surface area contributed by atoms with Crippen molar-refractivity contribution < 1.29 is 4.39 Å². The molecular formula is C10H5ClFNS. The minimum absolute atomic E-state index is 0.0303. The van der Waals surface area contributed by atoms with Crippen LogP contribution in [0.25, 0.3) is 10.1 Å². The summed E-state index contributed by atoms with van der Waals surface area (Å²) < 4.78 is 14.3. The van der Waals surface area contributed by atoms with Crippen molar-refractivity contribution in [1.29, 1.82) is 5.26 Å². The molecule has 0 saturated carbocycles. The van der Waals surface area contributed by atoms with Gasteiger partial charge < -0.3 is 0 Å². The van der Waals surface area contributed by atoms with Crippen LogP contribution in [0.1, 0.15) is 11.1 Å². The standard InChI is InChI=1S/C10H5ClFNS/c11-4-8-7(5-13)3-6-1-2-14-10(6)9(8)12/h1-3H,4H2. The second-order valence-corrected chi connectivity index (χ2v) is 3.98. The van der Waals surface area contributed by atoms with Crippen molar-refractivity contribution in [2.24, 2.45) is 0 Å². The molecule has 1 aromatic heterocycles. The highest BCUT2D eigenvalue weighted by Gasteiger charge is 2.12. The van der Waals surface area contributed by atoms with Crippen molar-refractivity contribution in [1.82, 2.24) is 0 Å². The van der Waals surface area contributed by atoms with Gasteiger partial charge in [0.05, 0.1) is 22.2 Å². The summed E-state index contributed by atoms with van der Waals surface area (Å²) in [5.74, 6) is -0.327. The molecule has 0 aliphatic heterocycles. The Morgan fingerprint density at radius 1 is 1.57 bits per heavy atom. The SMILES string of the molecule is N#Cc1cc2ccsc2c(F)c1CCl. The van der Waals surface area contributed by atoms with E-state index in [0.29, 0.717) is 15.8 Å². The third-order valence-corrected chi connectivity index (χ3v) is 3.23. The van der Waals surface area contributed by atoms with E-state index in [1.54, 1.807) is 17.5 Å². The number of nitriles is 1. The maximum absolute atomic E-state index is 13.7. The second kappa shape index (κ2) is 3.56. The molecule has 1 nitrogen and oxygen atoms in total. The molecule has 0 radical (unpaired) electrons. The van der Waals surface area contributed by atoms with Crippen molar-refractivity contribution in [3.63, 3.8) is 0 Å². The normalized spacial score (nSPS) is 10.4. The Morgan fingerprint density at radius 3 is 3.00 bits per heavy atom. The molecule has 70 valence electrons. The van der Waals surface area contributed by atoms with Gasteiger partial charge in [-0.15, -0.1) is 22.9 Å². The monoisotopic (exact) mass is 225 g/mol. The molecule has 0 amide bonds. The van der Waals surface area contributed by atoms with Crippen LogP contribution >= 0.6 is 22.9 Å². The topological polar surface area (TPSA) is 23.8 Å². The van der Waals surface area contributed by atoms with Crippen LogP contribution in [0.2, 0.25) is 0 Å². The van der Waals surface area contributed by atoms with Crippen LogP contribution in [0.5, 0.6) is 0 Å². The predicted octanol–water partition coefficient (Wildman–Crippen LogP) is 3.65. The molecule has 0 bridgehead atoms. The third kappa shape index (κ3) is 1.28.